The van der Waals surface area contributed by atoms with E-state index in [4.69, 9.17) is 11.5 Å². The molecule has 0 saturated carbocycles. The average Bonchev–Trinajstić information content (AvgIpc) is 2.42. The SMILES string of the molecule is NCCN1CCC(C(N)c2ccc(F)c(F)c2)CC1. The van der Waals surface area contributed by atoms with Crippen LogP contribution < -0.4 is 11.5 Å². The molecule has 1 unspecified atom stereocenters. The number of hydrogen-bond donors (Lipinski definition) is 2. The number of halogens is 2. The number of nitrogens with two attached hydrogens (primary N) is 2. The maximum Gasteiger partial charge on any atom is 0.159 e. The Balaban J connectivity index is 1.97. The third kappa shape index (κ3) is 3.49. The van der Waals surface area contributed by atoms with Gasteiger partial charge in [-0.25, -0.2) is 8.78 Å². The van der Waals surface area contributed by atoms with E-state index in [1.54, 1.807) is 6.07 Å². The molecule has 0 spiro atoms. The highest BCUT2D eigenvalue weighted by Crippen LogP contribution is 2.29. The van der Waals surface area contributed by atoms with Gasteiger partial charge in [-0.2, -0.15) is 0 Å². The molecule has 3 nitrogen and oxygen atoms in total. The Morgan fingerprint density at radius 2 is 1.89 bits per heavy atom. The van der Waals surface area contributed by atoms with Gasteiger partial charge in [-0.3, -0.25) is 0 Å². The van der Waals surface area contributed by atoms with Gasteiger partial charge in [-0.05, 0) is 49.5 Å². The zero-order chi connectivity index (χ0) is 13.8. The maximum absolute atomic E-state index is 13.2. The zero-order valence-corrected chi connectivity index (χ0v) is 11.0. The summed E-state index contributed by atoms with van der Waals surface area (Å²) in [6.07, 6.45) is 1.94. The van der Waals surface area contributed by atoms with Crippen LogP contribution in [0, 0.1) is 17.6 Å². The van der Waals surface area contributed by atoms with Crippen molar-refractivity contribution in [1.82, 2.24) is 4.90 Å². The van der Waals surface area contributed by atoms with Gasteiger partial charge in [0.05, 0.1) is 0 Å². The number of rotatable bonds is 4. The summed E-state index contributed by atoms with van der Waals surface area (Å²) >= 11 is 0. The fourth-order valence-electron chi connectivity index (χ4n) is 2.71. The van der Waals surface area contributed by atoms with Gasteiger partial charge < -0.3 is 16.4 Å². The van der Waals surface area contributed by atoms with Crippen molar-refractivity contribution in [3.63, 3.8) is 0 Å². The molecule has 1 saturated heterocycles. The van der Waals surface area contributed by atoms with Crippen LogP contribution in [0.15, 0.2) is 18.2 Å². The van der Waals surface area contributed by atoms with E-state index in [1.165, 1.54) is 6.07 Å². The van der Waals surface area contributed by atoms with Crippen LogP contribution in [0.3, 0.4) is 0 Å². The first-order chi connectivity index (χ1) is 9.11. The van der Waals surface area contributed by atoms with Crippen molar-refractivity contribution >= 4 is 0 Å². The Kier molecular flexibility index (Phi) is 4.85. The lowest BCUT2D eigenvalue weighted by Crippen LogP contribution is -2.39. The van der Waals surface area contributed by atoms with Crippen LogP contribution in [0.2, 0.25) is 0 Å². The van der Waals surface area contributed by atoms with E-state index in [9.17, 15) is 8.78 Å². The Morgan fingerprint density at radius 3 is 2.47 bits per heavy atom. The number of hydrogen-bond acceptors (Lipinski definition) is 3. The summed E-state index contributed by atoms with van der Waals surface area (Å²) < 4.78 is 26.1. The molecule has 2 rings (SSSR count). The Morgan fingerprint density at radius 1 is 1.21 bits per heavy atom. The summed E-state index contributed by atoms with van der Waals surface area (Å²) in [5, 5.41) is 0. The van der Waals surface area contributed by atoms with Gasteiger partial charge >= 0.3 is 0 Å². The molecule has 1 aromatic rings. The van der Waals surface area contributed by atoms with Crippen molar-refractivity contribution < 1.29 is 8.78 Å². The minimum atomic E-state index is -0.825. The Hall–Kier alpha value is -1.04. The fourth-order valence-corrected chi connectivity index (χ4v) is 2.71. The molecular weight excluding hydrogens is 248 g/mol. The minimum absolute atomic E-state index is 0.227. The molecule has 106 valence electrons. The van der Waals surface area contributed by atoms with E-state index in [-0.39, 0.29) is 6.04 Å². The molecule has 1 aliphatic rings. The van der Waals surface area contributed by atoms with Crippen molar-refractivity contribution in [2.24, 2.45) is 17.4 Å². The fraction of sp³-hybridized carbons (Fsp3) is 0.571. The van der Waals surface area contributed by atoms with Crippen molar-refractivity contribution in [2.75, 3.05) is 26.2 Å². The first-order valence-electron chi connectivity index (χ1n) is 6.74. The molecule has 1 heterocycles. The molecule has 0 aliphatic carbocycles. The molecule has 1 aliphatic heterocycles. The summed E-state index contributed by atoms with van der Waals surface area (Å²) in [5.41, 5.74) is 12.4. The van der Waals surface area contributed by atoms with Gasteiger partial charge in [0.2, 0.25) is 0 Å². The van der Waals surface area contributed by atoms with Crippen molar-refractivity contribution in [3.05, 3.63) is 35.4 Å². The van der Waals surface area contributed by atoms with E-state index in [2.05, 4.69) is 4.90 Å². The quantitative estimate of drug-likeness (QED) is 0.873. The van der Waals surface area contributed by atoms with Gasteiger partial charge in [-0.15, -0.1) is 0 Å². The van der Waals surface area contributed by atoms with Gasteiger partial charge in [0, 0.05) is 19.1 Å². The smallest absolute Gasteiger partial charge is 0.159 e. The van der Waals surface area contributed by atoms with Crippen LogP contribution in [-0.2, 0) is 0 Å². The van der Waals surface area contributed by atoms with Crippen molar-refractivity contribution in [3.8, 4) is 0 Å². The monoisotopic (exact) mass is 269 g/mol. The summed E-state index contributed by atoms with van der Waals surface area (Å²) in [6.45, 7) is 3.52. The topological polar surface area (TPSA) is 55.3 Å². The molecular formula is C14H21F2N3. The molecule has 5 heteroatoms. The number of likely N-dealkylation sites (tertiary alicyclic amines) is 1. The predicted octanol–water partition coefficient (Wildman–Crippen LogP) is 1.64. The lowest BCUT2D eigenvalue weighted by atomic mass is 9.86. The first kappa shape index (κ1) is 14.4. The molecule has 1 fully saturated rings. The second-order valence-electron chi connectivity index (χ2n) is 5.17. The Labute approximate surface area is 112 Å². The van der Waals surface area contributed by atoms with Crippen LogP contribution in [0.1, 0.15) is 24.4 Å². The van der Waals surface area contributed by atoms with Gasteiger partial charge in [0.1, 0.15) is 0 Å². The summed E-state index contributed by atoms with van der Waals surface area (Å²) in [5.74, 6) is -1.33. The third-order valence-corrected chi connectivity index (χ3v) is 3.91. The minimum Gasteiger partial charge on any atom is -0.329 e. The Bertz CT molecular complexity index is 417. The summed E-state index contributed by atoms with van der Waals surface area (Å²) in [7, 11) is 0. The van der Waals surface area contributed by atoms with Crippen LogP contribution in [0.5, 0.6) is 0 Å². The highest BCUT2D eigenvalue weighted by Gasteiger charge is 2.25. The van der Waals surface area contributed by atoms with E-state index in [0.717, 1.165) is 38.5 Å². The second kappa shape index (κ2) is 6.41. The van der Waals surface area contributed by atoms with Crippen molar-refractivity contribution in [1.29, 1.82) is 0 Å². The third-order valence-electron chi connectivity index (χ3n) is 3.91. The number of piperidine rings is 1. The standard InChI is InChI=1S/C14H21F2N3/c15-12-2-1-11(9-13(12)16)14(18)10-3-6-19(7-4-10)8-5-17/h1-2,9-10,14H,3-8,17-18H2. The predicted molar refractivity (Wildman–Crippen MR) is 71.5 cm³/mol. The van der Waals surface area contributed by atoms with E-state index in [0.29, 0.717) is 18.0 Å². The van der Waals surface area contributed by atoms with Crippen LogP contribution in [0.4, 0.5) is 8.78 Å². The lowest BCUT2D eigenvalue weighted by molar-refractivity contribution is 0.172. The number of benzene rings is 1. The summed E-state index contributed by atoms with van der Waals surface area (Å²) in [6, 6.07) is 3.71. The molecule has 0 aromatic heterocycles. The van der Waals surface area contributed by atoms with Crippen LogP contribution >= 0.6 is 0 Å². The van der Waals surface area contributed by atoms with Gasteiger partial charge in [0.15, 0.2) is 11.6 Å². The first-order valence-corrected chi connectivity index (χ1v) is 6.74. The largest absolute Gasteiger partial charge is 0.329 e. The molecule has 0 bridgehead atoms. The van der Waals surface area contributed by atoms with Gasteiger partial charge in [-0.1, -0.05) is 6.07 Å². The van der Waals surface area contributed by atoms with Crippen molar-refractivity contribution in [2.45, 2.75) is 18.9 Å². The van der Waals surface area contributed by atoms with Crippen LogP contribution in [0.25, 0.3) is 0 Å². The summed E-state index contributed by atoms with van der Waals surface area (Å²) in [4.78, 5) is 2.31. The average molecular weight is 269 g/mol. The highest BCUT2D eigenvalue weighted by molar-refractivity contribution is 5.21. The molecule has 4 N–H and O–H groups in total. The molecule has 0 radical (unpaired) electrons. The van der Waals surface area contributed by atoms with E-state index in [1.807, 2.05) is 0 Å². The molecule has 1 atom stereocenters. The second-order valence-corrected chi connectivity index (χ2v) is 5.17. The maximum atomic E-state index is 13.2. The van der Waals surface area contributed by atoms with E-state index >= 15 is 0 Å². The highest BCUT2D eigenvalue weighted by atomic mass is 19.2. The molecule has 1 aromatic carbocycles. The van der Waals surface area contributed by atoms with E-state index < -0.39 is 11.6 Å². The lowest BCUT2D eigenvalue weighted by Gasteiger charge is -2.34. The van der Waals surface area contributed by atoms with Crippen LogP contribution in [-0.4, -0.2) is 31.1 Å². The molecule has 0 amide bonds. The van der Waals surface area contributed by atoms with Gasteiger partial charge in [0.25, 0.3) is 0 Å². The molecule has 19 heavy (non-hydrogen) atoms. The zero-order valence-electron chi connectivity index (χ0n) is 11.0. The normalized spacial score (nSPS) is 19.6. The number of nitrogens with zero attached hydrogens (tertiary/aromatic N) is 1.